The molecule has 1 aromatic heterocycles. The van der Waals surface area contributed by atoms with E-state index in [1.165, 1.54) is 4.90 Å². The summed E-state index contributed by atoms with van der Waals surface area (Å²) >= 11 is 5.29. The maximum Gasteiger partial charge on any atom is 0.416 e. The van der Waals surface area contributed by atoms with Gasteiger partial charge in [0.15, 0.2) is 0 Å². The van der Waals surface area contributed by atoms with Crippen LogP contribution in [0.4, 0.5) is 9.59 Å². The summed E-state index contributed by atoms with van der Waals surface area (Å²) in [6.45, 7) is 6.63. The number of carbonyl (C=O) groups excluding carboxylic acids is 3. The summed E-state index contributed by atoms with van der Waals surface area (Å²) in [5.74, 6) is -0.816. The second-order valence-corrected chi connectivity index (χ2v) is 13.3. The molecule has 2 saturated heterocycles. The molecule has 3 heterocycles. The normalized spacial score (nSPS) is 20.4. The smallest absolute Gasteiger partial charge is 0.416 e. The third kappa shape index (κ3) is 6.30. The van der Waals surface area contributed by atoms with Gasteiger partial charge in [-0.2, -0.15) is 0 Å². The maximum atomic E-state index is 14.2. The molecule has 0 radical (unpaired) electrons. The number of cyclic esters (lactones) is 1. The van der Waals surface area contributed by atoms with Crippen LogP contribution in [0.2, 0.25) is 0 Å². The van der Waals surface area contributed by atoms with E-state index in [9.17, 15) is 14.4 Å². The zero-order valence-corrected chi connectivity index (χ0v) is 24.8. The number of imide groups is 1. The lowest BCUT2D eigenvalue weighted by molar-refractivity contribution is -0.135. The number of hydrogen-bond donors (Lipinski definition) is 0. The van der Waals surface area contributed by atoms with Crippen LogP contribution in [0, 0.1) is 11.8 Å². The van der Waals surface area contributed by atoms with Crippen LogP contribution in [-0.4, -0.2) is 59.2 Å². The van der Waals surface area contributed by atoms with Crippen LogP contribution in [-0.2, 0) is 27.1 Å². The number of fused-ring (bicyclic) bond motifs is 1. The fourth-order valence-electron chi connectivity index (χ4n) is 5.40. The number of hydrogen-bond acceptors (Lipinski definition) is 6. The Kier molecular flexibility index (Phi) is 8.01. The maximum absolute atomic E-state index is 14.2. The summed E-state index contributed by atoms with van der Waals surface area (Å²) in [7, 11) is 0. The third-order valence-electron chi connectivity index (χ3n) is 7.26. The molecule has 7 nitrogen and oxygen atoms in total. The van der Waals surface area contributed by atoms with E-state index in [4.69, 9.17) is 9.47 Å². The molecule has 0 spiro atoms. The highest BCUT2D eigenvalue weighted by Crippen LogP contribution is 2.37. The lowest BCUT2D eigenvalue weighted by atomic mass is 9.86. The molecule has 3 atom stereocenters. The zero-order valence-electron chi connectivity index (χ0n) is 22.4. The van der Waals surface area contributed by atoms with E-state index in [2.05, 4.69) is 28.1 Å². The molecule has 2 aromatic carbocycles. The van der Waals surface area contributed by atoms with Gasteiger partial charge in [-0.15, -0.1) is 11.3 Å². The van der Waals surface area contributed by atoms with Gasteiger partial charge in [-0.25, -0.2) is 14.5 Å². The number of halogens is 1. The number of amides is 3. The Labute approximate surface area is 241 Å². The number of benzene rings is 2. The second kappa shape index (κ2) is 11.3. The SMILES string of the molecule is CC(C)(C)OC(=O)N1CC[C@H]([C@H](Cc2cc3c(Br)cccc3s2)C(=O)N2C(=O)OC[C@@H]2Cc2ccccc2)C1. The number of thiophene rings is 1. The first-order valence-electron chi connectivity index (χ1n) is 13.3. The minimum absolute atomic E-state index is 0.107. The second-order valence-electron chi connectivity index (χ2n) is 11.3. The first-order chi connectivity index (χ1) is 18.6. The molecule has 9 heteroatoms. The number of likely N-dealkylation sites (tertiary alicyclic amines) is 1. The van der Waals surface area contributed by atoms with Crippen LogP contribution < -0.4 is 0 Å². The summed E-state index contributed by atoms with van der Waals surface area (Å²) in [5, 5.41) is 1.10. The average molecular weight is 614 g/mol. The van der Waals surface area contributed by atoms with Crippen molar-refractivity contribution in [3.63, 3.8) is 0 Å². The molecule has 0 N–H and O–H groups in total. The fourth-order valence-corrected chi connectivity index (χ4v) is 7.16. The summed E-state index contributed by atoms with van der Waals surface area (Å²) in [6, 6.07) is 17.7. The molecule has 2 fully saturated rings. The van der Waals surface area contributed by atoms with Gasteiger partial charge >= 0.3 is 12.2 Å². The molecule has 3 aromatic rings. The summed E-state index contributed by atoms with van der Waals surface area (Å²) in [4.78, 5) is 44.0. The fraction of sp³-hybridized carbons (Fsp3) is 0.433. The van der Waals surface area contributed by atoms with E-state index in [0.717, 1.165) is 25.0 Å². The van der Waals surface area contributed by atoms with E-state index in [1.54, 1.807) is 16.2 Å². The van der Waals surface area contributed by atoms with Crippen molar-refractivity contribution in [2.75, 3.05) is 19.7 Å². The van der Waals surface area contributed by atoms with Gasteiger partial charge < -0.3 is 14.4 Å². The monoisotopic (exact) mass is 612 g/mol. The highest BCUT2D eigenvalue weighted by Gasteiger charge is 2.45. The summed E-state index contributed by atoms with van der Waals surface area (Å²) in [5.41, 5.74) is 0.445. The van der Waals surface area contributed by atoms with Crippen molar-refractivity contribution in [3.8, 4) is 0 Å². The minimum Gasteiger partial charge on any atom is -0.447 e. The molecular weight excluding hydrogens is 580 g/mol. The Morgan fingerprint density at radius 1 is 1.15 bits per heavy atom. The minimum atomic E-state index is -0.598. The van der Waals surface area contributed by atoms with E-state index in [1.807, 2.05) is 63.2 Å². The van der Waals surface area contributed by atoms with Crippen molar-refractivity contribution in [1.82, 2.24) is 9.80 Å². The highest BCUT2D eigenvalue weighted by molar-refractivity contribution is 9.10. The molecule has 0 saturated carbocycles. The molecule has 0 aliphatic carbocycles. The van der Waals surface area contributed by atoms with E-state index in [-0.39, 0.29) is 30.6 Å². The van der Waals surface area contributed by atoms with E-state index >= 15 is 0 Å². The number of rotatable bonds is 6. The Morgan fingerprint density at radius 2 is 1.92 bits per heavy atom. The summed E-state index contributed by atoms with van der Waals surface area (Å²) in [6.07, 6.45) is 0.724. The molecule has 2 aliphatic rings. The third-order valence-corrected chi connectivity index (χ3v) is 9.07. The average Bonchev–Trinajstić information content (AvgIpc) is 3.61. The van der Waals surface area contributed by atoms with Gasteiger partial charge in [-0.3, -0.25) is 4.79 Å². The van der Waals surface area contributed by atoms with E-state index < -0.39 is 17.6 Å². The molecule has 206 valence electrons. The molecule has 5 rings (SSSR count). The van der Waals surface area contributed by atoms with Crippen LogP contribution in [0.3, 0.4) is 0 Å². The molecular formula is C30H33BrN2O5S. The zero-order chi connectivity index (χ0) is 27.7. The van der Waals surface area contributed by atoms with Gasteiger partial charge in [0.2, 0.25) is 5.91 Å². The van der Waals surface area contributed by atoms with Crippen LogP contribution >= 0.6 is 27.3 Å². The Bertz CT molecular complexity index is 1370. The van der Waals surface area contributed by atoms with Crippen LogP contribution in [0.1, 0.15) is 37.6 Å². The number of carbonyl (C=O) groups is 3. The largest absolute Gasteiger partial charge is 0.447 e. The Balaban J connectivity index is 1.42. The van der Waals surface area contributed by atoms with Gasteiger partial charge in [0.25, 0.3) is 0 Å². The summed E-state index contributed by atoms with van der Waals surface area (Å²) < 4.78 is 13.1. The van der Waals surface area contributed by atoms with Gasteiger partial charge in [0, 0.05) is 38.4 Å². The van der Waals surface area contributed by atoms with Crippen LogP contribution in [0.5, 0.6) is 0 Å². The Morgan fingerprint density at radius 3 is 2.64 bits per heavy atom. The molecule has 39 heavy (non-hydrogen) atoms. The number of ether oxygens (including phenoxy) is 2. The van der Waals surface area contributed by atoms with Crippen molar-refractivity contribution in [1.29, 1.82) is 0 Å². The standard InChI is InChI=1S/C30H33BrN2O5S/c1-30(2,3)38-28(35)32-13-12-20(17-32)23(15-22-16-24-25(31)10-7-11-26(24)39-22)27(34)33-21(18-37-29(33)36)14-19-8-5-4-6-9-19/h4-11,16,20-21,23H,12-15,17-18H2,1-3H3/t20-,21-,23-/m0/s1. The number of nitrogens with zero attached hydrogens (tertiary/aromatic N) is 2. The first-order valence-corrected chi connectivity index (χ1v) is 14.9. The van der Waals surface area contributed by atoms with Gasteiger partial charge in [0.05, 0.1) is 6.04 Å². The first kappa shape index (κ1) is 27.6. The van der Waals surface area contributed by atoms with Crippen molar-refractivity contribution in [2.45, 2.75) is 51.7 Å². The molecule has 0 unspecified atom stereocenters. The quantitative estimate of drug-likeness (QED) is 0.311. The highest BCUT2D eigenvalue weighted by atomic mass is 79.9. The predicted octanol–water partition coefficient (Wildman–Crippen LogP) is 6.67. The molecule has 0 bridgehead atoms. The lowest BCUT2D eigenvalue weighted by Crippen LogP contribution is -2.46. The van der Waals surface area contributed by atoms with E-state index in [0.29, 0.717) is 32.4 Å². The molecule has 3 amide bonds. The van der Waals surface area contributed by atoms with Crippen LogP contribution in [0.15, 0.2) is 59.1 Å². The van der Waals surface area contributed by atoms with Crippen LogP contribution in [0.25, 0.3) is 10.1 Å². The Hall–Kier alpha value is -2.91. The van der Waals surface area contributed by atoms with Crippen molar-refractivity contribution in [3.05, 3.63) is 69.5 Å². The van der Waals surface area contributed by atoms with Crippen molar-refractivity contribution >= 4 is 55.4 Å². The topological polar surface area (TPSA) is 76.2 Å². The van der Waals surface area contributed by atoms with Gasteiger partial charge in [0.1, 0.15) is 12.2 Å². The van der Waals surface area contributed by atoms with Crippen molar-refractivity contribution < 1.29 is 23.9 Å². The predicted molar refractivity (Wildman–Crippen MR) is 155 cm³/mol. The van der Waals surface area contributed by atoms with Crippen molar-refractivity contribution in [2.24, 2.45) is 11.8 Å². The van der Waals surface area contributed by atoms with Gasteiger partial charge in [-0.1, -0.05) is 52.3 Å². The molecule has 2 aliphatic heterocycles. The lowest BCUT2D eigenvalue weighted by Gasteiger charge is -2.29. The van der Waals surface area contributed by atoms with Gasteiger partial charge in [-0.05, 0) is 69.7 Å².